The number of nitrogens with two attached hydrogens (primary N) is 1. The van der Waals surface area contributed by atoms with Gasteiger partial charge in [-0.1, -0.05) is 12.1 Å². The highest BCUT2D eigenvalue weighted by Crippen LogP contribution is 2.27. The number of hydrazine groups is 1. The van der Waals surface area contributed by atoms with Crippen molar-refractivity contribution in [1.82, 2.24) is 40.3 Å². The van der Waals surface area contributed by atoms with E-state index in [9.17, 15) is 54.0 Å². The maximum Gasteiger partial charge on any atom is 0.420 e. The van der Waals surface area contributed by atoms with E-state index in [1.54, 1.807) is 31.7 Å². The van der Waals surface area contributed by atoms with Gasteiger partial charge in [-0.05, 0) is 42.3 Å². The lowest BCUT2D eigenvalue weighted by molar-refractivity contribution is -0.140. The minimum Gasteiger partial charge on any atom is -0.504 e. The van der Waals surface area contributed by atoms with Gasteiger partial charge in [0.2, 0.25) is 5.91 Å². The molecule has 9 N–H and O–H groups in total. The summed E-state index contributed by atoms with van der Waals surface area (Å²) in [6, 6.07) is 10.1. The molecule has 70 heavy (non-hydrogen) atoms. The number of nitrogens with zero attached hydrogens (tertiary/aromatic N) is 5. The van der Waals surface area contributed by atoms with Crippen molar-refractivity contribution in [2.75, 3.05) is 138 Å². The molecule has 1 aromatic heterocycles. The van der Waals surface area contributed by atoms with E-state index in [2.05, 4.69) is 16.2 Å². The van der Waals surface area contributed by atoms with E-state index in [1.807, 2.05) is 19.1 Å². The number of aromatic nitrogens is 1. The summed E-state index contributed by atoms with van der Waals surface area (Å²) in [7, 11) is 0. The number of phenolic OH excluding ortho intramolecular Hbond substituents is 1. The Morgan fingerprint density at radius 2 is 1.21 bits per heavy atom. The van der Waals surface area contributed by atoms with Gasteiger partial charge in [0, 0.05) is 58.9 Å². The average Bonchev–Trinajstić information content (AvgIpc) is 3.61. The average molecular weight is 992 g/mol. The van der Waals surface area contributed by atoms with Gasteiger partial charge in [0.25, 0.3) is 11.8 Å². The van der Waals surface area contributed by atoms with Crippen molar-refractivity contribution in [3.63, 3.8) is 0 Å². The number of carboxylic acid groups (broad SMARTS) is 3. The van der Waals surface area contributed by atoms with Crippen molar-refractivity contribution >= 4 is 46.7 Å². The molecule has 1 aliphatic rings. The number of rotatable bonds is 28. The smallest absolute Gasteiger partial charge is 0.420 e. The van der Waals surface area contributed by atoms with Crippen molar-refractivity contribution in [3.8, 4) is 11.5 Å². The predicted molar refractivity (Wildman–Crippen MR) is 247 cm³/mol. The molecule has 1 saturated heterocycles. The quantitative estimate of drug-likeness (QED) is 0.0276. The molecular formula is C44H65N9O17. The SMILES string of the molecule is Cc1ccc2oc(=O)n(Cc3ccc(OCC(=O)NCCOCCOCCOCCOCCC(=O)NNC(=O)C(N)N4CCN(CC(=O)O)CCN(CC(=O)O)CCN(CC(=O)O)CC4)c(O)c3)c2c1. The van der Waals surface area contributed by atoms with Crippen LogP contribution in [0.4, 0.5) is 0 Å². The first kappa shape index (κ1) is 56.4. The number of aliphatic carboxylic acids is 3. The fraction of sp³-hybridized carbons (Fsp3) is 0.568. The van der Waals surface area contributed by atoms with Crippen LogP contribution in [0, 0.1) is 6.92 Å². The number of carbonyl (C=O) groups is 6. The number of nitrogens with one attached hydrogen (secondary N) is 3. The van der Waals surface area contributed by atoms with Crippen molar-refractivity contribution in [2.45, 2.75) is 26.1 Å². The van der Waals surface area contributed by atoms with Gasteiger partial charge in [0.15, 0.2) is 23.7 Å². The first-order chi connectivity index (χ1) is 33.6. The highest BCUT2D eigenvalue weighted by atomic mass is 16.6. The van der Waals surface area contributed by atoms with Crippen molar-refractivity contribution in [3.05, 3.63) is 58.1 Å². The third kappa shape index (κ3) is 21.2. The van der Waals surface area contributed by atoms with Crippen LogP contribution in [0.2, 0.25) is 0 Å². The number of hydrogen-bond donors (Lipinski definition) is 8. The molecule has 0 radical (unpaired) electrons. The monoisotopic (exact) mass is 991 g/mol. The van der Waals surface area contributed by atoms with Gasteiger partial charge in [-0.3, -0.25) is 63.8 Å². The topological polar surface area (TPSA) is 340 Å². The van der Waals surface area contributed by atoms with Gasteiger partial charge >= 0.3 is 23.7 Å². The molecule has 3 amide bonds. The van der Waals surface area contributed by atoms with Crippen molar-refractivity contribution in [1.29, 1.82) is 0 Å². The maximum absolute atomic E-state index is 13.0. The number of carboxylic acids is 3. The van der Waals surface area contributed by atoms with Crippen molar-refractivity contribution < 1.29 is 77.3 Å². The van der Waals surface area contributed by atoms with E-state index >= 15 is 0 Å². The number of aromatic hydroxyl groups is 1. The van der Waals surface area contributed by atoms with Crippen LogP contribution in [0.25, 0.3) is 11.1 Å². The minimum absolute atomic E-state index is 0.0293. The Morgan fingerprint density at radius 3 is 1.76 bits per heavy atom. The van der Waals surface area contributed by atoms with Gasteiger partial charge in [-0.25, -0.2) is 4.79 Å². The van der Waals surface area contributed by atoms with Crippen LogP contribution in [0.3, 0.4) is 0 Å². The van der Waals surface area contributed by atoms with E-state index in [4.69, 9.17) is 33.8 Å². The molecular weight excluding hydrogens is 927 g/mol. The number of amides is 3. The van der Waals surface area contributed by atoms with Crippen LogP contribution >= 0.6 is 0 Å². The number of oxazole rings is 1. The second-order valence-corrected chi connectivity index (χ2v) is 16.1. The van der Waals surface area contributed by atoms with E-state index in [0.717, 1.165) is 5.56 Å². The largest absolute Gasteiger partial charge is 0.504 e. The summed E-state index contributed by atoms with van der Waals surface area (Å²) in [6.07, 6.45) is -1.38. The van der Waals surface area contributed by atoms with Crippen LogP contribution in [0.5, 0.6) is 11.5 Å². The Bertz CT molecular complexity index is 2190. The second-order valence-electron chi connectivity index (χ2n) is 16.1. The van der Waals surface area contributed by atoms with Crippen LogP contribution in [0.1, 0.15) is 17.5 Å². The molecule has 388 valence electrons. The number of phenols is 1. The second kappa shape index (κ2) is 30.4. The van der Waals surface area contributed by atoms with Crippen LogP contribution in [0.15, 0.2) is 45.6 Å². The molecule has 1 atom stereocenters. The molecule has 2 heterocycles. The summed E-state index contributed by atoms with van der Waals surface area (Å²) in [5, 5.41) is 41.3. The zero-order valence-electron chi connectivity index (χ0n) is 39.2. The number of benzene rings is 2. The third-order valence-electron chi connectivity index (χ3n) is 10.6. The zero-order chi connectivity index (χ0) is 50.8. The summed E-state index contributed by atoms with van der Waals surface area (Å²) in [4.78, 5) is 90.8. The molecule has 1 aliphatic heterocycles. The summed E-state index contributed by atoms with van der Waals surface area (Å²) < 4.78 is 34.0. The van der Waals surface area contributed by atoms with Gasteiger partial charge in [-0.2, -0.15) is 0 Å². The van der Waals surface area contributed by atoms with E-state index in [-0.39, 0.29) is 149 Å². The predicted octanol–water partition coefficient (Wildman–Crippen LogP) is -2.48. The van der Waals surface area contributed by atoms with Crippen LogP contribution in [-0.4, -0.2) is 224 Å². The number of carbonyl (C=O) groups excluding carboxylic acids is 3. The molecule has 26 nitrogen and oxygen atoms in total. The highest BCUT2D eigenvalue weighted by Gasteiger charge is 2.26. The van der Waals surface area contributed by atoms with Gasteiger partial charge in [0.1, 0.15) is 6.17 Å². The Labute approximate surface area is 403 Å². The molecule has 0 spiro atoms. The molecule has 4 rings (SSSR count). The third-order valence-corrected chi connectivity index (χ3v) is 10.6. The fourth-order valence-corrected chi connectivity index (χ4v) is 6.98. The zero-order valence-corrected chi connectivity index (χ0v) is 39.2. The summed E-state index contributed by atoms with van der Waals surface area (Å²) in [5.41, 5.74) is 13.5. The Morgan fingerprint density at radius 1 is 0.686 bits per heavy atom. The fourth-order valence-electron chi connectivity index (χ4n) is 6.98. The lowest BCUT2D eigenvalue weighted by Gasteiger charge is -2.34. The van der Waals surface area contributed by atoms with Gasteiger partial charge in [-0.15, -0.1) is 0 Å². The molecule has 0 bridgehead atoms. The van der Waals surface area contributed by atoms with E-state index < -0.39 is 47.6 Å². The molecule has 2 aromatic carbocycles. The van der Waals surface area contributed by atoms with Gasteiger partial charge < -0.3 is 59.6 Å². The standard InChI is InChI=1S/C44H65N9O17/c1-31-2-4-35-33(24-31)53(44(64)70-35)26-32-3-5-36(34(54)25-32)69-30-38(56)46-7-17-66-19-21-68-23-22-67-20-18-65-16-6-37(55)47-48-43(63)42(45)52-14-12-50(28-40(59)60)10-8-49(27-39(57)58)9-11-51(13-15-52)29-41(61)62/h2-5,24-25,42,54H,6-23,26-30,45H2,1H3,(H,46,56)(H,47,55)(H,48,63)(H,57,58)(H,59,60)(H,61,62). The Kier molecular flexibility index (Phi) is 24.5. The normalized spacial score (nSPS) is 15.1. The van der Waals surface area contributed by atoms with E-state index in [1.165, 1.54) is 16.7 Å². The highest BCUT2D eigenvalue weighted by molar-refractivity contribution is 5.85. The first-order valence-electron chi connectivity index (χ1n) is 22.6. The summed E-state index contributed by atoms with van der Waals surface area (Å²) in [6.45, 7) is 4.17. The Balaban J connectivity index is 0.997. The Hall–Kier alpha value is -6.23. The lowest BCUT2D eigenvalue weighted by atomic mass is 10.2. The van der Waals surface area contributed by atoms with Gasteiger partial charge in [0.05, 0.1) is 91.0 Å². The lowest BCUT2D eigenvalue weighted by Crippen LogP contribution is -2.59. The van der Waals surface area contributed by atoms with Crippen LogP contribution in [-0.2, 0) is 54.3 Å². The molecule has 1 fully saturated rings. The summed E-state index contributed by atoms with van der Waals surface area (Å²) in [5.74, 6) is -5.56. The molecule has 3 aromatic rings. The maximum atomic E-state index is 13.0. The number of fused-ring (bicyclic) bond motifs is 1. The molecule has 0 aliphatic carbocycles. The number of aryl methyl sites for hydroxylation is 1. The molecule has 0 saturated carbocycles. The molecule has 1 unspecified atom stereocenters. The minimum atomic E-state index is -1.29. The summed E-state index contributed by atoms with van der Waals surface area (Å²) >= 11 is 0. The number of hydrogen-bond acceptors (Lipinski definition) is 19. The first-order valence-corrected chi connectivity index (χ1v) is 22.6. The number of ether oxygens (including phenoxy) is 5. The van der Waals surface area contributed by atoms with Crippen molar-refractivity contribution in [2.24, 2.45) is 5.73 Å². The van der Waals surface area contributed by atoms with Crippen LogP contribution < -0.4 is 32.4 Å². The molecule has 26 heteroatoms. The van der Waals surface area contributed by atoms with E-state index in [0.29, 0.717) is 29.9 Å².